The van der Waals surface area contributed by atoms with E-state index >= 15 is 0 Å². The Kier molecular flexibility index (Phi) is 4.10. The van der Waals surface area contributed by atoms with Gasteiger partial charge in [-0.2, -0.15) is 5.10 Å². The van der Waals surface area contributed by atoms with Crippen LogP contribution >= 0.6 is 22.6 Å². The summed E-state index contributed by atoms with van der Waals surface area (Å²) in [5.41, 5.74) is 1.22. The standard InChI is InChI=1S/C12H20IN3O/c1-10-11(13)7-16(14-10)6-4-5-15-8-12(2,9-15)17-3/h7H,4-6,8-9H2,1-3H3. The highest BCUT2D eigenvalue weighted by molar-refractivity contribution is 14.1. The Morgan fingerprint density at radius 2 is 2.18 bits per heavy atom. The van der Waals surface area contributed by atoms with Crippen molar-refractivity contribution in [2.45, 2.75) is 32.4 Å². The van der Waals surface area contributed by atoms with E-state index in [4.69, 9.17) is 4.74 Å². The molecule has 0 spiro atoms. The van der Waals surface area contributed by atoms with Gasteiger partial charge in [0.2, 0.25) is 0 Å². The summed E-state index contributed by atoms with van der Waals surface area (Å²) in [4.78, 5) is 2.44. The molecular weight excluding hydrogens is 329 g/mol. The monoisotopic (exact) mass is 349 g/mol. The van der Waals surface area contributed by atoms with Crippen LogP contribution in [0.3, 0.4) is 0 Å². The average Bonchev–Trinajstić information content (AvgIpc) is 2.55. The van der Waals surface area contributed by atoms with Gasteiger partial charge in [-0.15, -0.1) is 0 Å². The molecule has 0 amide bonds. The van der Waals surface area contributed by atoms with Crippen molar-refractivity contribution in [3.8, 4) is 0 Å². The molecule has 0 unspecified atom stereocenters. The highest BCUT2D eigenvalue weighted by atomic mass is 127. The van der Waals surface area contributed by atoms with E-state index in [9.17, 15) is 0 Å². The molecule has 4 nitrogen and oxygen atoms in total. The summed E-state index contributed by atoms with van der Waals surface area (Å²) in [6.45, 7) is 8.47. The fourth-order valence-corrected chi connectivity index (χ4v) is 2.68. The van der Waals surface area contributed by atoms with E-state index in [2.05, 4.69) is 52.6 Å². The number of methoxy groups -OCH3 is 1. The second kappa shape index (κ2) is 5.24. The minimum Gasteiger partial charge on any atom is -0.376 e. The van der Waals surface area contributed by atoms with E-state index in [1.807, 2.05) is 4.68 Å². The van der Waals surface area contributed by atoms with Crippen LogP contribution in [0.1, 0.15) is 19.0 Å². The van der Waals surface area contributed by atoms with Gasteiger partial charge in [0.05, 0.1) is 14.9 Å². The molecule has 1 aliphatic heterocycles. The second-order valence-corrected chi connectivity index (χ2v) is 6.21. The zero-order valence-corrected chi connectivity index (χ0v) is 12.9. The van der Waals surface area contributed by atoms with Crippen molar-refractivity contribution in [1.29, 1.82) is 0 Å². The molecule has 1 aliphatic rings. The quantitative estimate of drug-likeness (QED) is 0.761. The minimum atomic E-state index is 0.0949. The Labute approximate surface area is 116 Å². The lowest BCUT2D eigenvalue weighted by Gasteiger charge is -2.47. The molecule has 0 N–H and O–H groups in total. The van der Waals surface area contributed by atoms with Crippen LogP contribution in [0.25, 0.3) is 0 Å². The van der Waals surface area contributed by atoms with E-state index in [-0.39, 0.29) is 5.60 Å². The first-order chi connectivity index (χ1) is 8.02. The zero-order valence-electron chi connectivity index (χ0n) is 10.7. The second-order valence-electron chi connectivity index (χ2n) is 5.04. The molecule has 1 aromatic rings. The van der Waals surface area contributed by atoms with Crippen LogP contribution in [-0.4, -0.2) is 47.0 Å². The molecule has 1 saturated heterocycles. The van der Waals surface area contributed by atoms with E-state index < -0.39 is 0 Å². The lowest BCUT2D eigenvalue weighted by Crippen LogP contribution is -2.60. The van der Waals surface area contributed by atoms with Crippen LogP contribution in [0.15, 0.2) is 6.20 Å². The van der Waals surface area contributed by atoms with Crippen LogP contribution in [-0.2, 0) is 11.3 Å². The Bertz CT molecular complexity index is 366. The Morgan fingerprint density at radius 1 is 1.47 bits per heavy atom. The first-order valence-corrected chi connectivity index (χ1v) is 7.07. The van der Waals surface area contributed by atoms with Gasteiger partial charge in [-0.1, -0.05) is 0 Å². The summed E-state index contributed by atoms with van der Waals surface area (Å²) < 4.78 is 8.72. The fraction of sp³-hybridized carbons (Fsp3) is 0.750. The molecule has 0 aliphatic carbocycles. The van der Waals surface area contributed by atoms with Crippen LogP contribution in [0.5, 0.6) is 0 Å². The topological polar surface area (TPSA) is 30.3 Å². The molecule has 1 aromatic heterocycles. The molecule has 5 heteroatoms. The van der Waals surface area contributed by atoms with Gasteiger partial charge in [0, 0.05) is 39.5 Å². The SMILES string of the molecule is COC1(C)CN(CCCn2cc(I)c(C)n2)C1. The summed E-state index contributed by atoms with van der Waals surface area (Å²) >= 11 is 2.33. The fourth-order valence-electron chi connectivity index (χ4n) is 2.25. The highest BCUT2D eigenvalue weighted by Gasteiger charge is 2.37. The van der Waals surface area contributed by atoms with Gasteiger partial charge < -0.3 is 4.74 Å². The normalized spacial score (nSPS) is 19.3. The van der Waals surface area contributed by atoms with Crippen LogP contribution in [0.2, 0.25) is 0 Å². The molecule has 0 aromatic carbocycles. The number of ether oxygens (including phenoxy) is 1. The maximum Gasteiger partial charge on any atom is 0.0903 e. The van der Waals surface area contributed by atoms with Gasteiger partial charge in [-0.25, -0.2) is 0 Å². The molecule has 0 radical (unpaired) electrons. The molecular formula is C12H20IN3O. The third kappa shape index (κ3) is 3.20. The lowest BCUT2D eigenvalue weighted by molar-refractivity contribution is -0.111. The number of rotatable bonds is 5. The van der Waals surface area contributed by atoms with E-state index in [1.54, 1.807) is 7.11 Å². The maximum atomic E-state index is 5.43. The Morgan fingerprint density at radius 3 is 2.71 bits per heavy atom. The summed E-state index contributed by atoms with van der Waals surface area (Å²) in [6, 6.07) is 0. The molecule has 2 rings (SSSR count). The van der Waals surface area contributed by atoms with Crippen molar-refractivity contribution in [3.05, 3.63) is 15.5 Å². The zero-order chi connectivity index (χ0) is 12.5. The first kappa shape index (κ1) is 13.3. The average molecular weight is 349 g/mol. The maximum absolute atomic E-state index is 5.43. The largest absolute Gasteiger partial charge is 0.376 e. The van der Waals surface area contributed by atoms with Gasteiger partial charge >= 0.3 is 0 Å². The van der Waals surface area contributed by atoms with E-state index in [1.165, 1.54) is 3.57 Å². The van der Waals surface area contributed by atoms with E-state index in [0.29, 0.717) is 0 Å². The summed E-state index contributed by atoms with van der Waals surface area (Å²) in [5.74, 6) is 0. The third-order valence-electron chi connectivity index (χ3n) is 3.36. The van der Waals surface area contributed by atoms with Crippen LogP contribution < -0.4 is 0 Å². The predicted octanol–water partition coefficient (Wildman–Crippen LogP) is 1.91. The van der Waals surface area contributed by atoms with Gasteiger partial charge in [-0.05, 0) is 42.9 Å². The summed E-state index contributed by atoms with van der Waals surface area (Å²) in [6.07, 6.45) is 3.27. The van der Waals surface area contributed by atoms with Crippen LogP contribution in [0, 0.1) is 10.5 Å². The van der Waals surface area contributed by atoms with Gasteiger partial charge in [0.25, 0.3) is 0 Å². The smallest absolute Gasteiger partial charge is 0.0903 e. The molecule has 0 atom stereocenters. The minimum absolute atomic E-state index is 0.0949. The number of hydrogen-bond donors (Lipinski definition) is 0. The first-order valence-electron chi connectivity index (χ1n) is 5.99. The van der Waals surface area contributed by atoms with Crippen molar-refractivity contribution >= 4 is 22.6 Å². The molecule has 17 heavy (non-hydrogen) atoms. The van der Waals surface area contributed by atoms with Crippen LogP contribution in [0.4, 0.5) is 0 Å². The Balaban J connectivity index is 1.68. The Hall–Kier alpha value is -0.140. The molecule has 0 bridgehead atoms. The summed E-state index contributed by atoms with van der Waals surface area (Å²) in [5, 5.41) is 4.46. The van der Waals surface area contributed by atoms with Gasteiger partial charge in [-0.3, -0.25) is 9.58 Å². The van der Waals surface area contributed by atoms with Gasteiger partial charge in [0.15, 0.2) is 0 Å². The molecule has 2 heterocycles. The number of hydrogen-bond acceptors (Lipinski definition) is 3. The highest BCUT2D eigenvalue weighted by Crippen LogP contribution is 2.23. The molecule has 1 fully saturated rings. The number of aromatic nitrogens is 2. The number of nitrogens with zero attached hydrogens (tertiary/aromatic N) is 3. The molecule has 96 valence electrons. The van der Waals surface area contributed by atoms with Gasteiger partial charge in [0.1, 0.15) is 0 Å². The molecule has 0 saturated carbocycles. The number of aryl methyl sites for hydroxylation is 2. The van der Waals surface area contributed by atoms with Crippen molar-refractivity contribution < 1.29 is 4.74 Å². The van der Waals surface area contributed by atoms with E-state index in [0.717, 1.165) is 38.3 Å². The third-order valence-corrected chi connectivity index (χ3v) is 4.42. The summed E-state index contributed by atoms with van der Waals surface area (Å²) in [7, 11) is 1.80. The number of halogens is 1. The van der Waals surface area contributed by atoms with Crippen molar-refractivity contribution in [1.82, 2.24) is 14.7 Å². The van der Waals surface area contributed by atoms with Crippen molar-refractivity contribution in [2.75, 3.05) is 26.7 Å². The van der Waals surface area contributed by atoms with Crippen molar-refractivity contribution in [3.63, 3.8) is 0 Å². The number of likely N-dealkylation sites (tertiary alicyclic amines) is 1. The van der Waals surface area contributed by atoms with Crippen molar-refractivity contribution in [2.24, 2.45) is 0 Å². The lowest BCUT2D eigenvalue weighted by atomic mass is 9.96. The predicted molar refractivity (Wildman–Crippen MR) is 76.2 cm³/mol.